The maximum atomic E-state index is 12.9. The minimum Gasteiger partial charge on any atom is -0.481 e. The molecule has 1 heterocycles. The number of amides is 2. The second-order valence-corrected chi connectivity index (χ2v) is 9.59. The highest BCUT2D eigenvalue weighted by atomic mass is 16.5. The summed E-state index contributed by atoms with van der Waals surface area (Å²) < 4.78 is 5.66. The van der Waals surface area contributed by atoms with E-state index in [-0.39, 0.29) is 43.2 Å². The fourth-order valence-corrected chi connectivity index (χ4v) is 5.34. The summed E-state index contributed by atoms with van der Waals surface area (Å²) >= 11 is 0. The maximum Gasteiger partial charge on any atom is 0.407 e. The van der Waals surface area contributed by atoms with Crippen molar-refractivity contribution >= 4 is 18.0 Å². The van der Waals surface area contributed by atoms with Crippen LogP contribution in [0.3, 0.4) is 0 Å². The smallest absolute Gasteiger partial charge is 0.407 e. The predicted octanol–water partition coefficient (Wildman–Crippen LogP) is 4.80. The van der Waals surface area contributed by atoms with Gasteiger partial charge in [-0.2, -0.15) is 0 Å². The van der Waals surface area contributed by atoms with Crippen molar-refractivity contribution < 1.29 is 24.2 Å². The molecule has 35 heavy (non-hydrogen) atoms. The average Bonchev–Trinajstić information content (AvgIpc) is 3.45. The summed E-state index contributed by atoms with van der Waals surface area (Å²) in [6.45, 7) is 3.50. The van der Waals surface area contributed by atoms with E-state index >= 15 is 0 Å². The molecule has 2 aliphatic rings. The fraction of sp³-hybridized carbons (Fsp3) is 0.464. The van der Waals surface area contributed by atoms with Gasteiger partial charge in [0.25, 0.3) is 0 Å². The van der Waals surface area contributed by atoms with Crippen molar-refractivity contribution in [3.8, 4) is 11.1 Å². The van der Waals surface area contributed by atoms with Gasteiger partial charge in [-0.3, -0.25) is 9.59 Å². The number of hydrogen-bond acceptors (Lipinski definition) is 4. The van der Waals surface area contributed by atoms with Crippen molar-refractivity contribution in [2.24, 2.45) is 5.92 Å². The zero-order valence-corrected chi connectivity index (χ0v) is 20.2. The molecule has 0 bridgehead atoms. The van der Waals surface area contributed by atoms with Crippen LogP contribution in [-0.2, 0) is 14.3 Å². The lowest BCUT2D eigenvalue weighted by Gasteiger charge is -2.22. The zero-order valence-electron chi connectivity index (χ0n) is 20.2. The Morgan fingerprint density at radius 3 is 2.37 bits per heavy atom. The zero-order chi connectivity index (χ0) is 24.8. The molecule has 1 fully saturated rings. The number of carbonyl (C=O) groups is 3. The topological polar surface area (TPSA) is 95.9 Å². The number of nitrogens with one attached hydrogen (secondary N) is 1. The fourth-order valence-electron chi connectivity index (χ4n) is 5.34. The highest BCUT2D eigenvalue weighted by Gasteiger charge is 2.30. The summed E-state index contributed by atoms with van der Waals surface area (Å²) in [5.74, 6) is -0.577. The molecule has 4 rings (SSSR count). The van der Waals surface area contributed by atoms with E-state index in [0.29, 0.717) is 25.9 Å². The third kappa shape index (κ3) is 6.02. The summed E-state index contributed by atoms with van der Waals surface area (Å²) in [4.78, 5) is 38.2. The molecule has 1 unspecified atom stereocenters. The first kappa shape index (κ1) is 24.8. The second kappa shape index (κ2) is 11.4. The van der Waals surface area contributed by atoms with Gasteiger partial charge in [-0.1, -0.05) is 61.9 Å². The van der Waals surface area contributed by atoms with E-state index in [1.807, 2.05) is 31.2 Å². The van der Waals surface area contributed by atoms with Crippen LogP contribution in [0.4, 0.5) is 4.79 Å². The number of carboxylic acids is 1. The van der Waals surface area contributed by atoms with Crippen LogP contribution in [0.5, 0.6) is 0 Å². The summed E-state index contributed by atoms with van der Waals surface area (Å²) in [6, 6.07) is 16.1. The Balaban J connectivity index is 1.30. The summed E-state index contributed by atoms with van der Waals surface area (Å²) in [5.41, 5.74) is 4.68. The van der Waals surface area contributed by atoms with E-state index in [9.17, 15) is 14.4 Å². The minimum absolute atomic E-state index is 0.000206. The molecule has 1 aliphatic heterocycles. The number of nitrogens with zero attached hydrogens (tertiary/aromatic N) is 1. The molecule has 186 valence electrons. The Morgan fingerprint density at radius 2 is 1.74 bits per heavy atom. The van der Waals surface area contributed by atoms with Crippen LogP contribution in [0.2, 0.25) is 0 Å². The van der Waals surface area contributed by atoms with Crippen molar-refractivity contribution in [1.29, 1.82) is 0 Å². The first-order valence-corrected chi connectivity index (χ1v) is 12.6. The molecule has 7 heteroatoms. The van der Waals surface area contributed by atoms with Gasteiger partial charge in [0.1, 0.15) is 6.61 Å². The molecule has 2 aromatic carbocycles. The Labute approximate surface area is 206 Å². The molecule has 1 saturated heterocycles. The Hall–Kier alpha value is -3.35. The maximum absolute atomic E-state index is 12.9. The van der Waals surface area contributed by atoms with Gasteiger partial charge < -0.3 is 20.1 Å². The number of alkyl carbamates (subject to hydrolysis) is 1. The summed E-state index contributed by atoms with van der Waals surface area (Å²) in [7, 11) is 0. The standard InChI is InChI=1S/C28H34N2O5/c1-2-7-20(16-26(31)30-15-14-19(17-30)12-13-27(32)33)29-28(34)35-18-25-23-10-5-3-8-21(23)22-9-4-6-11-24(22)25/h3-6,8-11,19-20,25H,2,7,12-18H2,1H3,(H,29,34)(H,32,33)/t19?,20-/m0/s1. The molecule has 0 saturated carbocycles. The third-order valence-corrected chi connectivity index (χ3v) is 7.13. The van der Waals surface area contributed by atoms with Crippen molar-refractivity contribution in [3.05, 3.63) is 59.7 Å². The summed E-state index contributed by atoms with van der Waals surface area (Å²) in [6.07, 6.45) is 2.80. The van der Waals surface area contributed by atoms with Crippen molar-refractivity contribution in [1.82, 2.24) is 10.2 Å². The van der Waals surface area contributed by atoms with E-state index in [2.05, 4.69) is 29.6 Å². The van der Waals surface area contributed by atoms with E-state index in [1.165, 1.54) is 11.1 Å². The molecule has 0 spiro atoms. The second-order valence-electron chi connectivity index (χ2n) is 9.59. The number of benzene rings is 2. The SMILES string of the molecule is CCC[C@@H](CC(=O)N1CCC(CCC(=O)O)C1)NC(=O)OCC1c2ccccc2-c2ccccc21. The molecule has 2 amide bonds. The molecular formula is C28H34N2O5. The van der Waals surface area contributed by atoms with E-state index in [4.69, 9.17) is 9.84 Å². The van der Waals surface area contributed by atoms with Gasteiger partial charge in [0, 0.05) is 37.9 Å². The minimum atomic E-state index is -0.801. The Kier molecular flexibility index (Phi) is 8.06. The van der Waals surface area contributed by atoms with Crippen LogP contribution in [0.1, 0.15) is 62.5 Å². The number of carboxylic acid groups (broad SMARTS) is 1. The number of rotatable bonds is 10. The lowest BCUT2D eigenvalue weighted by molar-refractivity contribution is -0.137. The highest BCUT2D eigenvalue weighted by Crippen LogP contribution is 2.44. The molecular weight excluding hydrogens is 444 g/mol. The molecule has 2 aromatic rings. The lowest BCUT2D eigenvalue weighted by Crippen LogP contribution is -2.40. The largest absolute Gasteiger partial charge is 0.481 e. The Morgan fingerprint density at radius 1 is 1.09 bits per heavy atom. The molecule has 2 atom stereocenters. The molecule has 1 aliphatic carbocycles. The average molecular weight is 479 g/mol. The van der Waals surface area contributed by atoms with Gasteiger partial charge in [0.05, 0.1) is 0 Å². The molecule has 7 nitrogen and oxygen atoms in total. The van der Waals surface area contributed by atoms with Crippen LogP contribution in [0, 0.1) is 5.92 Å². The van der Waals surface area contributed by atoms with E-state index < -0.39 is 12.1 Å². The number of carbonyl (C=O) groups excluding carboxylic acids is 2. The summed E-state index contributed by atoms with van der Waals surface area (Å²) in [5, 5.41) is 11.8. The number of aliphatic carboxylic acids is 1. The van der Waals surface area contributed by atoms with E-state index in [0.717, 1.165) is 24.0 Å². The Bertz CT molecular complexity index is 1020. The number of ether oxygens (including phenoxy) is 1. The van der Waals surface area contributed by atoms with Crippen LogP contribution >= 0.6 is 0 Å². The van der Waals surface area contributed by atoms with Crippen molar-refractivity contribution in [3.63, 3.8) is 0 Å². The van der Waals surface area contributed by atoms with Gasteiger partial charge in [0.2, 0.25) is 5.91 Å². The number of fused-ring (bicyclic) bond motifs is 3. The van der Waals surface area contributed by atoms with Gasteiger partial charge >= 0.3 is 12.1 Å². The normalized spacial score (nSPS) is 17.5. The highest BCUT2D eigenvalue weighted by molar-refractivity contribution is 5.80. The van der Waals surface area contributed by atoms with Crippen molar-refractivity contribution in [2.45, 2.75) is 57.4 Å². The first-order valence-electron chi connectivity index (χ1n) is 12.6. The van der Waals surface area contributed by atoms with E-state index in [1.54, 1.807) is 4.90 Å². The first-order chi connectivity index (χ1) is 17.0. The van der Waals surface area contributed by atoms with Gasteiger partial charge in [-0.05, 0) is 47.4 Å². The molecule has 2 N–H and O–H groups in total. The van der Waals surface area contributed by atoms with Gasteiger partial charge in [0.15, 0.2) is 0 Å². The van der Waals surface area contributed by atoms with Crippen LogP contribution in [-0.4, -0.2) is 53.7 Å². The number of likely N-dealkylation sites (tertiary alicyclic amines) is 1. The van der Waals surface area contributed by atoms with Gasteiger partial charge in [-0.15, -0.1) is 0 Å². The lowest BCUT2D eigenvalue weighted by atomic mass is 9.98. The van der Waals surface area contributed by atoms with Crippen LogP contribution < -0.4 is 5.32 Å². The third-order valence-electron chi connectivity index (χ3n) is 7.13. The van der Waals surface area contributed by atoms with Gasteiger partial charge in [-0.25, -0.2) is 4.79 Å². The predicted molar refractivity (Wildman–Crippen MR) is 133 cm³/mol. The number of hydrogen-bond donors (Lipinski definition) is 2. The quantitative estimate of drug-likeness (QED) is 0.512. The van der Waals surface area contributed by atoms with Crippen LogP contribution in [0.25, 0.3) is 11.1 Å². The van der Waals surface area contributed by atoms with Crippen LogP contribution in [0.15, 0.2) is 48.5 Å². The molecule has 0 radical (unpaired) electrons. The molecule has 0 aromatic heterocycles. The monoisotopic (exact) mass is 478 g/mol. The van der Waals surface area contributed by atoms with Crippen molar-refractivity contribution in [2.75, 3.05) is 19.7 Å².